The molecule has 0 aromatic carbocycles. The summed E-state index contributed by atoms with van der Waals surface area (Å²) >= 11 is 0. The van der Waals surface area contributed by atoms with Crippen LogP contribution in [0.2, 0.25) is 0 Å². The summed E-state index contributed by atoms with van der Waals surface area (Å²) in [7, 11) is 0. The molecule has 3 N–H and O–H groups in total. The Morgan fingerprint density at radius 2 is 2.04 bits per heavy atom. The molecule has 2 aliphatic heterocycles. The zero-order valence-corrected chi connectivity index (χ0v) is 14.4. The van der Waals surface area contributed by atoms with E-state index in [2.05, 4.69) is 22.9 Å². The van der Waals surface area contributed by atoms with Crippen molar-refractivity contribution >= 4 is 30.3 Å². The van der Waals surface area contributed by atoms with Gasteiger partial charge in [-0.15, -0.1) is 12.4 Å². The lowest BCUT2D eigenvalue weighted by molar-refractivity contribution is -0.125. The van der Waals surface area contributed by atoms with Crippen molar-refractivity contribution in [2.75, 3.05) is 32.7 Å². The normalized spacial score (nSPS) is 20.0. The molecule has 0 aliphatic carbocycles. The van der Waals surface area contributed by atoms with E-state index in [1.165, 1.54) is 4.90 Å². The molecule has 0 saturated carbocycles. The van der Waals surface area contributed by atoms with Gasteiger partial charge in [-0.2, -0.15) is 0 Å². The first-order valence-electron chi connectivity index (χ1n) is 8.13. The molecule has 0 radical (unpaired) electrons. The monoisotopic (exact) mass is 346 g/mol. The number of carbonyl (C=O) groups excluding carboxylic acids is 3. The lowest BCUT2D eigenvalue weighted by Crippen LogP contribution is -2.35. The van der Waals surface area contributed by atoms with Crippen LogP contribution >= 0.6 is 12.4 Å². The Bertz CT molecular complexity index is 411. The lowest BCUT2D eigenvalue weighted by Gasteiger charge is -2.27. The van der Waals surface area contributed by atoms with Crippen LogP contribution in [0, 0.1) is 11.8 Å². The van der Waals surface area contributed by atoms with E-state index >= 15 is 0 Å². The minimum Gasteiger partial charge on any atom is -0.356 e. The average molecular weight is 347 g/mol. The molecule has 8 heteroatoms. The maximum atomic E-state index is 11.9. The van der Waals surface area contributed by atoms with Gasteiger partial charge in [0.15, 0.2) is 0 Å². The van der Waals surface area contributed by atoms with Crippen molar-refractivity contribution in [3.8, 4) is 0 Å². The summed E-state index contributed by atoms with van der Waals surface area (Å²) in [5, 5.41) is 8.69. The van der Waals surface area contributed by atoms with E-state index in [1.54, 1.807) is 0 Å². The van der Waals surface area contributed by atoms with Crippen molar-refractivity contribution in [2.24, 2.45) is 11.8 Å². The number of urea groups is 1. The number of nitrogens with one attached hydrogen (secondary N) is 3. The largest absolute Gasteiger partial charge is 0.356 e. The number of halogens is 1. The van der Waals surface area contributed by atoms with Crippen LogP contribution in [0.4, 0.5) is 4.79 Å². The summed E-state index contributed by atoms with van der Waals surface area (Å²) in [5.74, 6) is 0.880. The van der Waals surface area contributed by atoms with Crippen molar-refractivity contribution in [2.45, 2.75) is 32.6 Å². The van der Waals surface area contributed by atoms with Crippen molar-refractivity contribution in [1.29, 1.82) is 0 Å². The zero-order valence-electron chi connectivity index (χ0n) is 13.6. The molecule has 0 spiro atoms. The summed E-state index contributed by atoms with van der Waals surface area (Å²) < 4.78 is 0. The SMILES string of the molecule is CC(CC(=O)NCCCN1C(=O)CNC1=O)C1CCNCC1.Cl. The van der Waals surface area contributed by atoms with Gasteiger partial charge in [0.05, 0.1) is 6.54 Å². The minimum atomic E-state index is -0.337. The van der Waals surface area contributed by atoms with Gasteiger partial charge in [-0.05, 0) is 44.2 Å². The molecule has 0 aromatic rings. The van der Waals surface area contributed by atoms with Gasteiger partial charge in [0.25, 0.3) is 0 Å². The Kier molecular flexibility index (Phi) is 8.33. The number of hydrogen-bond acceptors (Lipinski definition) is 4. The molecular weight excluding hydrogens is 320 g/mol. The van der Waals surface area contributed by atoms with Crippen LogP contribution in [0.1, 0.15) is 32.6 Å². The molecule has 1 unspecified atom stereocenters. The standard InChI is InChI=1S/C15H26N4O3.ClH/c1-11(12-3-6-16-7-4-12)9-13(20)17-5-2-8-19-14(21)10-18-15(19)22;/h11-12,16H,2-10H2,1H3,(H,17,20)(H,18,22);1H. The molecule has 0 aromatic heterocycles. The fourth-order valence-corrected chi connectivity index (χ4v) is 3.09. The number of amides is 4. The molecular formula is C15H27ClN4O3. The van der Waals surface area contributed by atoms with E-state index in [0.717, 1.165) is 25.9 Å². The van der Waals surface area contributed by atoms with Crippen LogP contribution in [0.3, 0.4) is 0 Å². The van der Waals surface area contributed by atoms with Gasteiger partial charge in [-0.3, -0.25) is 14.5 Å². The van der Waals surface area contributed by atoms with Crippen LogP contribution in [-0.2, 0) is 9.59 Å². The zero-order chi connectivity index (χ0) is 15.9. The minimum absolute atomic E-state index is 0. The fourth-order valence-electron chi connectivity index (χ4n) is 3.09. The average Bonchev–Trinajstić information content (AvgIpc) is 2.83. The smallest absolute Gasteiger partial charge is 0.324 e. The van der Waals surface area contributed by atoms with Gasteiger partial charge in [0.1, 0.15) is 0 Å². The number of nitrogens with zero attached hydrogens (tertiary/aromatic N) is 1. The molecule has 2 fully saturated rings. The molecule has 4 amide bonds. The molecule has 2 rings (SSSR count). The number of imide groups is 1. The van der Waals surface area contributed by atoms with Gasteiger partial charge in [0.2, 0.25) is 11.8 Å². The van der Waals surface area contributed by atoms with Crippen LogP contribution in [-0.4, -0.2) is 55.5 Å². The van der Waals surface area contributed by atoms with E-state index in [9.17, 15) is 14.4 Å². The Morgan fingerprint density at radius 3 is 2.65 bits per heavy atom. The summed E-state index contributed by atoms with van der Waals surface area (Å²) in [5.41, 5.74) is 0. The number of piperidine rings is 1. The van der Waals surface area contributed by atoms with E-state index in [-0.39, 0.29) is 36.8 Å². The second kappa shape index (κ2) is 9.72. The van der Waals surface area contributed by atoms with Crippen LogP contribution in [0.15, 0.2) is 0 Å². The van der Waals surface area contributed by atoms with Crippen LogP contribution < -0.4 is 16.0 Å². The maximum Gasteiger partial charge on any atom is 0.324 e. The van der Waals surface area contributed by atoms with Gasteiger partial charge < -0.3 is 16.0 Å². The topological polar surface area (TPSA) is 90.5 Å². The molecule has 132 valence electrons. The van der Waals surface area contributed by atoms with Gasteiger partial charge in [-0.25, -0.2) is 4.79 Å². The quantitative estimate of drug-likeness (QED) is 0.462. The van der Waals surface area contributed by atoms with Gasteiger partial charge >= 0.3 is 6.03 Å². The Labute approximate surface area is 143 Å². The lowest BCUT2D eigenvalue weighted by atomic mass is 9.84. The van der Waals surface area contributed by atoms with Gasteiger partial charge in [0, 0.05) is 19.5 Å². The Hall–Kier alpha value is -1.34. The van der Waals surface area contributed by atoms with Crippen LogP contribution in [0.25, 0.3) is 0 Å². The van der Waals surface area contributed by atoms with E-state index < -0.39 is 0 Å². The van der Waals surface area contributed by atoms with Crippen molar-refractivity contribution in [3.63, 3.8) is 0 Å². The highest BCUT2D eigenvalue weighted by atomic mass is 35.5. The van der Waals surface area contributed by atoms with E-state index in [0.29, 0.717) is 37.8 Å². The third-order valence-electron chi connectivity index (χ3n) is 4.51. The second-order valence-electron chi connectivity index (χ2n) is 6.18. The highest BCUT2D eigenvalue weighted by molar-refractivity contribution is 6.01. The summed E-state index contributed by atoms with van der Waals surface area (Å²) in [6, 6.07) is -0.337. The summed E-state index contributed by atoms with van der Waals surface area (Å²) in [4.78, 5) is 35.9. The predicted molar refractivity (Wildman–Crippen MR) is 89.4 cm³/mol. The van der Waals surface area contributed by atoms with Gasteiger partial charge in [-0.1, -0.05) is 6.92 Å². The third kappa shape index (κ3) is 5.99. The third-order valence-corrected chi connectivity index (χ3v) is 4.51. The van der Waals surface area contributed by atoms with E-state index in [1.807, 2.05) is 0 Å². The first-order valence-corrected chi connectivity index (χ1v) is 8.13. The summed E-state index contributed by atoms with van der Waals surface area (Å²) in [6.07, 6.45) is 3.42. The maximum absolute atomic E-state index is 11.9. The first-order chi connectivity index (χ1) is 10.6. The van der Waals surface area contributed by atoms with Crippen molar-refractivity contribution in [1.82, 2.24) is 20.9 Å². The molecule has 2 heterocycles. The van der Waals surface area contributed by atoms with Crippen molar-refractivity contribution < 1.29 is 14.4 Å². The number of hydrogen-bond donors (Lipinski definition) is 3. The fraction of sp³-hybridized carbons (Fsp3) is 0.800. The predicted octanol–water partition coefficient (Wildman–Crippen LogP) is 0.492. The highest BCUT2D eigenvalue weighted by Crippen LogP contribution is 2.24. The highest BCUT2D eigenvalue weighted by Gasteiger charge is 2.27. The molecule has 2 saturated heterocycles. The van der Waals surface area contributed by atoms with Crippen LogP contribution in [0.5, 0.6) is 0 Å². The summed E-state index contributed by atoms with van der Waals surface area (Å²) in [6.45, 7) is 5.16. The number of carbonyl (C=O) groups is 3. The van der Waals surface area contributed by atoms with E-state index in [4.69, 9.17) is 0 Å². The second-order valence-corrected chi connectivity index (χ2v) is 6.18. The molecule has 1 atom stereocenters. The first kappa shape index (κ1) is 19.7. The van der Waals surface area contributed by atoms with Crippen molar-refractivity contribution in [3.05, 3.63) is 0 Å². The molecule has 0 bridgehead atoms. The Morgan fingerprint density at radius 1 is 1.35 bits per heavy atom. The molecule has 23 heavy (non-hydrogen) atoms. The number of rotatable bonds is 7. The Balaban J connectivity index is 0.00000264. The molecule has 7 nitrogen and oxygen atoms in total. The molecule has 2 aliphatic rings.